The minimum absolute atomic E-state index is 0.172. The Kier molecular flexibility index (Phi) is 5.73. The van der Waals surface area contributed by atoms with E-state index in [0.717, 1.165) is 25.2 Å². The molecular formula is C13H23N3O. The van der Waals surface area contributed by atoms with E-state index in [0.29, 0.717) is 11.8 Å². The van der Waals surface area contributed by atoms with Gasteiger partial charge in [-0.25, -0.2) is 0 Å². The molecule has 1 unspecified atom stereocenters. The molecule has 4 nitrogen and oxygen atoms in total. The summed E-state index contributed by atoms with van der Waals surface area (Å²) in [5, 5.41) is 3.20. The van der Waals surface area contributed by atoms with Gasteiger partial charge in [-0.1, -0.05) is 20.8 Å². The highest BCUT2D eigenvalue weighted by Crippen LogP contribution is 2.14. The first kappa shape index (κ1) is 13.7. The van der Waals surface area contributed by atoms with Gasteiger partial charge in [-0.3, -0.25) is 4.98 Å². The minimum Gasteiger partial charge on any atom is -0.473 e. The third-order valence-corrected chi connectivity index (χ3v) is 2.29. The van der Waals surface area contributed by atoms with E-state index in [4.69, 9.17) is 4.74 Å². The van der Waals surface area contributed by atoms with Gasteiger partial charge in [0.25, 0.3) is 0 Å². The fraction of sp³-hybridized carbons (Fsp3) is 0.692. The highest BCUT2D eigenvalue weighted by Gasteiger charge is 2.08. The average Bonchev–Trinajstić information content (AvgIpc) is 2.25. The third kappa shape index (κ3) is 5.52. The Morgan fingerprint density at radius 3 is 2.71 bits per heavy atom. The van der Waals surface area contributed by atoms with Crippen LogP contribution in [-0.4, -0.2) is 22.6 Å². The number of ether oxygens (including phenoxy) is 1. The van der Waals surface area contributed by atoms with E-state index in [1.54, 1.807) is 12.4 Å². The van der Waals surface area contributed by atoms with Crippen molar-refractivity contribution in [2.24, 2.45) is 5.92 Å². The second-order valence-corrected chi connectivity index (χ2v) is 4.73. The van der Waals surface area contributed by atoms with E-state index in [1.165, 1.54) is 0 Å². The summed E-state index contributed by atoms with van der Waals surface area (Å²) in [6, 6.07) is 0. The summed E-state index contributed by atoms with van der Waals surface area (Å²) in [5.74, 6) is 2.00. The zero-order chi connectivity index (χ0) is 12.7. The maximum atomic E-state index is 5.73. The number of rotatable bonds is 7. The maximum absolute atomic E-state index is 5.73. The van der Waals surface area contributed by atoms with Gasteiger partial charge in [-0.05, 0) is 25.7 Å². The van der Waals surface area contributed by atoms with Crippen LogP contribution in [0.5, 0.6) is 5.88 Å². The lowest BCUT2D eigenvalue weighted by atomic mass is 10.1. The van der Waals surface area contributed by atoms with Crippen molar-refractivity contribution in [3.05, 3.63) is 12.4 Å². The lowest BCUT2D eigenvalue weighted by Crippen LogP contribution is -2.15. The van der Waals surface area contributed by atoms with E-state index < -0.39 is 0 Å². The first-order valence-electron chi connectivity index (χ1n) is 6.34. The van der Waals surface area contributed by atoms with Crippen LogP contribution in [-0.2, 0) is 0 Å². The molecule has 1 aromatic heterocycles. The van der Waals surface area contributed by atoms with Gasteiger partial charge in [0.05, 0.1) is 18.5 Å². The van der Waals surface area contributed by atoms with Crippen molar-refractivity contribution in [3.8, 4) is 5.88 Å². The van der Waals surface area contributed by atoms with Crippen LogP contribution in [0.15, 0.2) is 12.4 Å². The van der Waals surface area contributed by atoms with Crippen molar-refractivity contribution < 1.29 is 4.74 Å². The van der Waals surface area contributed by atoms with E-state index in [9.17, 15) is 0 Å². The monoisotopic (exact) mass is 237 g/mol. The Balaban J connectivity index is 2.52. The fourth-order valence-electron chi connectivity index (χ4n) is 1.66. The second kappa shape index (κ2) is 7.09. The smallest absolute Gasteiger partial charge is 0.234 e. The molecule has 17 heavy (non-hydrogen) atoms. The molecule has 1 rings (SSSR count). The van der Waals surface area contributed by atoms with Gasteiger partial charge in [0.2, 0.25) is 5.88 Å². The molecule has 4 heteroatoms. The van der Waals surface area contributed by atoms with Gasteiger partial charge < -0.3 is 10.1 Å². The van der Waals surface area contributed by atoms with Crippen LogP contribution in [0.25, 0.3) is 0 Å². The van der Waals surface area contributed by atoms with E-state index in [-0.39, 0.29) is 6.10 Å². The first-order valence-corrected chi connectivity index (χ1v) is 6.34. The largest absolute Gasteiger partial charge is 0.473 e. The second-order valence-electron chi connectivity index (χ2n) is 4.73. The lowest BCUT2D eigenvalue weighted by molar-refractivity contribution is 0.185. The molecule has 0 bridgehead atoms. The summed E-state index contributed by atoms with van der Waals surface area (Å²) in [6.45, 7) is 9.45. The standard InChI is InChI=1S/C13H23N3O/c1-5-6-15-12-8-14-9-13(16-12)17-11(4)7-10(2)3/h8-11H,5-7H2,1-4H3,(H,15,16). The van der Waals surface area contributed by atoms with Crippen molar-refractivity contribution in [2.45, 2.75) is 46.6 Å². The fourth-order valence-corrected chi connectivity index (χ4v) is 1.66. The zero-order valence-electron chi connectivity index (χ0n) is 11.2. The Morgan fingerprint density at radius 2 is 2.06 bits per heavy atom. The predicted molar refractivity (Wildman–Crippen MR) is 70.4 cm³/mol. The van der Waals surface area contributed by atoms with Crippen LogP contribution in [0, 0.1) is 5.92 Å². The van der Waals surface area contributed by atoms with Crippen molar-refractivity contribution in [3.63, 3.8) is 0 Å². The molecule has 0 spiro atoms. The quantitative estimate of drug-likeness (QED) is 0.791. The van der Waals surface area contributed by atoms with Crippen LogP contribution in [0.4, 0.5) is 5.82 Å². The minimum atomic E-state index is 0.172. The SMILES string of the molecule is CCCNc1cncc(OC(C)CC(C)C)n1. The van der Waals surface area contributed by atoms with Crippen LogP contribution in [0.3, 0.4) is 0 Å². The molecule has 1 heterocycles. The number of aromatic nitrogens is 2. The van der Waals surface area contributed by atoms with Crippen molar-refractivity contribution in [1.82, 2.24) is 9.97 Å². The number of anilines is 1. The predicted octanol–water partition coefficient (Wildman–Crippen LogP) is 3.11. The van der Waals surface area contributed by atoms with Gasteiger partial charge in [-0.2, -0.15) is 4.98 Å². The molecular weight excluding hydrogens is 214 g/mol. The average molecular weight is 237 g/mol. The van der Waals surface area contributed by atoms with Crippen molar-refractivity contribution in [2.75, 3.05) is 11.9 Å². The molecule has 0 aliphatic carbocycles. The summed E-state index contributed by atoms with van der Waals surface area (Å²) in [7, 11) is 0. The van der Waals surface area contributed by atoms with E-state index in [1.807, 2.05) is 0 Å². The van der Waals surface area contributed by atoms with Crippen LogP contribution >= 0.6 is 0 Å². The van der Waals surface area contributed by atoms with Crippen molar-refractivity contribution in [1.29, 1.82) is 0 Å². The maximum Gasteiger partial charge on any atom is 0.234 e. The number of hydrogen-bond acceptors (Lipinski definition) is 4. The molecule has 0 radical (unpaired) electrons. The first-order chi connectivity index (χ1) is 8.11. The Hall–Kier alpha value is -1.32. The third-order valence-electron chi connectivity index (χ3n) is 2.29. The molecule has 1 aromatic rings. The molecule has 0 saturated carbocycles. The Morgan fingerprint density at radius 1 is 1.29 bits per heavy atom. The zero-order valence-corrected chi connectivity index (χ0v) is 11.2. The van der Waals surface area contributed by atoms with Crippen LogP contribution in [0.1, 0.15) is 40.5 Å². The Labute approximate surface area is 104 Å². The summed E-state index contributed by atoms with van der Waals surface area (Å²) in [4.78, 5) is 8.48. The van der Waals surface area contributed by atoms with Gasteiger partial charge in [0.1, 0.15) is 5.82 Å². The summed E-state index contributed by atoms with van der Waals surface area (Å²) in [6.07, 6.45) is 5.64. The molecule has 0 saturated heterocycles. The summed E-state index contributed by atoms with van der Waals surface area (Å²) >= 11 is 0. The lowest BCUT2D eigenvalue weighted by Gasteiger charge is -2.16. The molecule has 0 fully saturated rings. The van der Waals surface area contributed by atoms with Gasteiger partial charge in [-0.15, -0.1) is 0 Å². The van der Waals surface area contributed by atoms with E-state index >= 15 is 0 Å². The van der Waals surface area contributed by atoms with Crippen LogP contribution < -0.4 is 10.1 Å². The summed E-state index contributed by atoms with van der Waals surface area (Å²) in [5.41, 5.74) is 0. The van der Waals surface area contributed by atoms with E-state index in [2.05, 4.69) is 43.0 Å². The molecule has 1 atom stereocenters. The Bertz CT molecular complexity index is 328. The molecule has 0 aliphatic rings. The highest BCUT2D eigenvalue weighted by atomic mass is 16.5. The molecule has 1 N–H and O–H groups in total. The molecule has 0 amide bonds. The number of nitrogens with one attached hydrogen (secondary N) is 1. The molecule has 0 aromatic carbocycles. The highest BCUT2D eigenvalue weighted by molar-refractivity contribution is 5.32. The van der Waals surface area contributed by atoms with Gasteiger partial charge in [0.15, 0.2) is 0 Å². The normalized spacial score (nSPS) is 12.5. The topological polar surface area (TPSA) is 47.0 Å². The number of nitrogens with zero attached hydrogens (tertiary/aromatic N) is 2. The summed E-state index contributed by atoms with van der Waals surface area (Å²) < 4.78 is 5.73. The number of hydrogen-bond donors (Lipinski definition) is 1. The van der Waals surface area contributed by atoms with Gasteiger partial charge >= 0.3 is 0 Å². The molecule has 0 aliphatic heterocycles. The molecule has 96 valence electrons. The van der Waals surface area contributed by atoms with Crippen LogP contribution in [0.2, 0.25) is 0 Å². The van der Waals surface area contributed by atoms with Gasteiger partial charge in [0, 0.05) is 6.54 Å². The van der Waals surface area contributed by atoms with Crippen molar-refractivity contribution >= 4 is 5.82 Å².